The van der Waals surface area contributed by atoms with Gasteiger partial charge in [0.05, 0.1) is 6.54 Å². The average molecular weight is 217 g/mol. The van der Waals surface area contributed by atoms with E-state index in [1.807, 2.05) is 24.3 Å². The second-order valence-corrected chi connectivity index (χ2v) is 3.71. The topological polar surface area (TPSA) is 29.5 Å². The quantitative estimate of drug-likeness (QED) is 0.722. The van der Waals surface area contributed by atoms with Gasteiger partial charge in [-0.25, -0.2) is 4.79 Å². The van der Waals surface area contributed by atoms with Crippen molar-refractivity contribution in [3.8, 4) is 0 Å². The van der Waals surface area contributed by atoms with E-state index < -0.39 is 0 Å². The molecule has 1 aromatic carbocycles. The van der Waals surface area contributed by atoms with E-state index in [9.17, 15) is 4.79 Å². The largest absolute Gasteiger partial charge is 0.453 e. The zero-order valence-electron chi connectivity index (χ0n) is 9.30. The zero-order chi connectivity index (χ0) is 11.4. The summed E-state index contributed by atoms with van der Waals surface area (Å²) < 4.78 is 5.12. The molecule has 2 rings (SSSR count). The molecule has 3 heteroatoms. The lowest BCUT2D eigenvalue weighted by atomic mass is 10.2. The molecule has 0 saturated carbocycles. The van der Waals surface area contributed by atoms with Gasteiger partial charge in [-0.3, -0.25) is 0 Å². The van der Waals surface area contributed by atoms with E-state index in [1.165, 1.54) is 6.08 Å². The monoisotopic (exact) mass is 217 g/mol. The van der Waals surface area contributed by atoms with E-state index in [2.05, 4.69) is 24.0 Å². The second kappa shape index (κ2) is 4.84. The Bertz CT molecular complexity index is 386. The number of anilines is 1. The van der Waals surface area contributed by atoms with Crippen molar-refractivity contribution < 1.29 is 9.53 Å². The molecule has 1 aliphatic heterocycles. The van der Waals surface area contributed by atoms with Gasteiger partial charge in [0, 0.05) is 18.3 Å². The van der Waals surface area contributed by atoms with Gasteiger partial charge in [0.1, 0.15) is 6.10 Å². The highest BCUT2D eigenvalue weighted by Crippen LogP contribution is 2.15. The molecule has 16 heavy (non-hydrogen) atoms. The van der Waals surface area contributed by atoms with Crippen LogP contribution in [-0.4, -0.2) is 25.2 Å². The Labute approximate surface area is 95.3 Å². The van der Waals surface area contributed by atoms with Crippen molar-refractivity contribution in [2.45, 2.75) is 13.0 Å². The Morgan fingerprint density at radius 2 is 2.06 bits per heavy atom. The van der Waals surface area contributed by atoms with Gasteiger partial charge in [-0.1, -0.05) is 18.2 Å². The maximum Gasteiger partial charge on any atom is 0.331 e. The van der Waals surface area contributed by atoms with Crippen LogP contribution in [0.25, 0.3) is 0 Å². The van der Waals surface area contributed by atoms with Crippen LogP contribution < -0.4 is 4.90 Å². The first-order valence-corrected chi connectivity index (χ1v) is 5.48. The number of carbonyl (C=O) groups is 1. The number of hydrogen-bond donors (Lipinski definition) is 0. The molecule has 0 bridgehead atoms. The molecule has 1 aliphatic rings. The summed E-state index contributed by atoms with van der Waals surface area (Å²) in [6.45, 7) is 3.70. The summed E-state index contributed by atoms with van der Waals surface area (Å²) in [7, 11) is 0. The number of hydrogen-bond acceptors (Lipinski definition) is 3. The van der Waals surface area contributed by atoms with E-state index in [0.29, 0.717) is 6.54 Å². The normalized spacial score (nSPS) is 18.6. The SMILES string of the molecule is CCN(CC1C=CC(=O)O1)c1ccccc1. The number of rotatable bonds is 4. The lowest BCUT2D eigenvalue weighted by Gasteiger charge is -2.25. The predicted molar refractivity (Wildman–Crippen MR) is 63.3 cm³/mol. The number of nitrogens with zero attached hydrogens (tertiary/aromatic N) is 1. The number of carbonyl (C=O) groups excluding carboxylic acids is 1. The molecule has 1 heterocycles. The van der Waals surface area contributed by atoms with Crippen molar-refractivity contribution in [1.29, 1.82) is 0 Å². The molecular formula is C13H15NO2. The summed E-state index contributed by atoms with van der Waals surface area (Å²) in [5.74, 6) is -0.242. The van der Waals surface area contributed by atoms with Gasteiger partial charge < -0.3 is 9.64 Å². The summed E-state index contributed by atoms with van der Waals surface area (Å²) in [5.41, 5.74) is 1.15. The highest BCUT2D eigenvalue weighted by atomic mass is 16.5. The maximum atomic E-state index is 10.9. The molecule has 0 radical (unpaired) electrons. The van der Waals surface area contributed by atoms with Gasteiger partial charge in [-0.05, 0) is 25.1 Å². The third kappa shape index (κ3) is 2.42. The molecule has 0 aromatic heterocycles. The van der Waals surface area contributed by atoms with Crippen LogP contribution >= 0.6 is 0 Å². The van der Waals surface area contributed by atoms with Gasteiger partial charge in [-0.2, -0.15) is 0 Å². The van der Waals surface area contributed by atoms with E-state index in [4.69, 9.17) is 4.74 Å². The number of para-hydroxylation sites is 1. The molecule has 1 unspecified atom stereocenters. The number of cyclic esters (lactones) is 1. The van der Waals surface area contributed by atoms with E-state index in [0.717, 1.165) is 12.2 Å². The van der Waals surface area contributed by atoms with E-state index in [1.54, 1.807) is 0 Å². The fourth-order valence-electron chi connectivity index (χ4n) is 1.78. The number of esters is 1. The minimum atomic E-state index is -0.242. The van der Waals surface area contributed by atoms with Crippen molar-refractivity contribution in [3.63, 3.8) is 0 Å². The highest BCUT2D eigenvalue weighted by molar-refractivity contribution is 5.84. The van der Waals surface area contributed by atoms with Gasteiger partial charge in [-0.15, -0.1) is 0 Å². The first-order chi connectivity index (χ1) is 7.79. The average Bonchev–Trinajstić information content (AvgIpc) is 2.73. The molecule has 1 atom stereocenters. The van der Waals surface area contributed by atoms with Crippen LogP contribution in [0.2, 0.25) is 0 Å². The van der Waals surface area contributed by atoms with Crippen LogP contribution in [0.3, 0.4) is 0 Å². The molecule has 0 N–H and O–H groups in total. The summed E-state index contributed by atoms with van der Waals surface area (Å²) in [5, 5.41) is 0. The minimum absolute atomic E-state index is 0.118. The third-order valence-corrected chi connectivity index (χ3v) is 2.62. The molecule has 0 fully saturated rings. The van der Waals surface area contributed by atoms with Crippen LogP contribution in [0.15, 0.2) is 42.5 Å². The van der Waals surface area contributed by atoms with Gasteiger partial charge in [0.15, 0.2) is 0 Å². The zero-order valence-corrected chi connectivity index (χ0v) is 9.30. The lowest BCUT2D eigenvalue weighted by Crippen LogP contribution is -2.32. The van der Waals surface area contributed by atoms with Crippen LogP contribution in [0.5, 0.6) is 0 Å². The standard InChI is InChI=1S/C13H15NO2/c1-2-14(11-6-4-3-5-7-11)10-12-8-9-13(15)16-12/h3-9,12H,2,10H2,1H3. The van der Waals surface area contributed by atoms with Crippen molar-refractivity contribution in [3.05, 3.63) is 42.5 Å². The minimum Gasteiger partial charge on any atom is -0.453 e. The lowest BCUT2D eigenvalue weighted by molar-refractivity contribution is -0.138. The maximum absolute atomic E-state index is 10.9. The fraction of sp³-hybridized carbons (Fsp3) is 0.308. The molecule has 0 spiro atoms. The molecule has 1 aromatic rings. The molecule has 0 amide bonds. The molecule has 84 valence electrons. The second-order valence-electron chi connectivity index (χ2n) is 3.71. The summed E-state index contributed by atoms with van der Waals surface area (Å²) in [6, 6.07) is 10.1. The van der Waals surface area contributed by atoms with Crippen LogP contribution in [-0.2, 0) is 9.53 Å². The summed E-state index contributed by atoms with van der Waals surface area (Å²) in [4.78, 5) is 13.1. The molecular weight excluding hydrogens is 202 g/mol. The summed E-state index contributed by atoms with van der Waals surface area (Å²) >= 11 is 0. The number of likely N-dealkylation sites (N-methyl/N-ethyl adjacent to an activating group) is 1. The van der Waals surface area contributed by atoms with Crippen LogP contribution in [0, 0.1) is 0 Å². The summed E-state index contributed by atoms with van der Waals surface area (Å²) in [6.07, 6.45) is 3.19. The van der Waals surface area contributed by atoms with Crippen molar-refractivity contribution in [2.75, 3.05) is 18.0 Å². The van der Waals surface area contributed by atoms with Crippen LogP contribution in [0.4, 0.5) is 5.69 Å². The van der Waals surface area contributed by atoms with Crippen molar-refractivity contribution in [2.24, 2.45) is 0 Å². The molecule has 0 saturated heterocycles. The Kier molecular flexibility index (Phi) is 3.25. The Balaban J connectivity index is 2.01. The first-order valence-electron chi connectivity index (χ1n) is 5.48. The highest BCUT2D eigenvalue weighted by Gasteiger charge is 2.19. The van der Waals surface area contributed by atoms with Crippen molar-refractivity contribution >= 4 is 11.7 Å². The Hall–Kier alpha value is -1.77. The van der Waals surface area contributed by atoms with Crippen molar-refractivity contribution in [1.82, 2.24) is 0 Å². The van der Waals surface area contributed by atoms with Crippen LogP contribution in [0.1, 0.15) is 6.92 Å². The Morgan fingerprint density at radius 1 is 1.31 bits per heavy atom. The molecule has 3 nitrogen and oxygen atoms in total. The smallest absolute Gasteiger partial charge is 0.331 e. The third-order valence-electron chi connectivity index (χ3n) is 2.62. The Morgan fingerprint density at radius 3 is 2.62 bits per heavy atom. The van der Waals surface area contributed by atoms with Gasteiger partial charge in [0.25, 0.3) is 0 Å². The van der Waals surface area contributed by atoms with E-state index >= 15 is 0 Å². The number of benzene rings is 1. The number of ether oxygens (including phenoxy) is 1. The first kappa shape index (κ1) is 10.7. The van der Waals surface area contributed by atoms with E-state index in [-0.39, 0.29) is 12.1 Å². The predicted octanol–water partition coefficient (Wildman–Crippen LogP) is 1.99. The molecule has 0 aliphatic carbocycles. The fourth-order valence-corrected chi connectivity index (χ4v) is 1.78. The van der Waals surface area contributed by atoms with Gasteiger partial charge in [0.2, 0.25) is 0 Å². The van der Waals surface area contributed by atoms with Gasteiger partial charge >= 0.3 is 5.97 Å².